The van der Waals surface area contributed by atoms with Crippen molar-refractivity contribution in [3.8, 4) is 0 Å². The van der Waals surface area contributed by atoms with Crippen molar-refractivity contribution >= 4 is 17.7 Å². The number of aromatic amines is 1. The average molecular weight is 302 g/mol. The topological polar surface area (TPSA) is 135 Å². The predicted molar refractivity (Wildman–Crippen MR) is 83.7 cm³/mol. The molecule has 2 rings (SSSR count). The number of carbonyl (C=O) groups is 1. The summed E-state index contributed by atoms with van der Waals surface area (Å²) in [6, 6.07) is 6.78. The first kappa shape index (κ1) is 15.6. The van der Waals surface area contributed by atoms with Crippen molar-refractivity contribution < 1.29 is 9.90 Å². The number of H-pyrrole nitrogens is 1. The first-order valence-electron chi connectivity index (χ1n) is 6.93. The predicted octanol–water partition coefficient (Wildman–Crippen LogP) is 1.20. The fraction of sp³-hybridized carbons (Fsp3) is 0.267. The van der Waals surface area contributed by atoms with Crippen molar-refractivity contribution in [2.45, 2.75) is 25.7 Å². The molecule has 2 aromatic rings. The molecule has 0 atom stereocenters. The van der Waals surface area contributed by atoms with E-state index >= 15 is 0 Å². The lowest BCUT2D eigenvalue weighted by Gasteiger charge is -2.05. The zero-order valence-electron chi connectivity index (χ0n) is 12.0. The van der Waals surface area contributed by atoms with Crippen LogP contribution < -0.4 is 17.0 Å². The van der Waals surface area contributed by atoms with Gasteiger partial charge in [0.1, 0.15) is 5.82 Å². The van der Waals surface area contributed by atoms with Crippen LogP contribution in [0.2, 0.25) is 0 Å². The largest absolute Gasteiger partial charge is 0.478 e. The number of aryl methyl sites for hydroxylation is 1. The number of hydrogen-bond acceptors (Lipinski definition) is 5. The third-order valence-corrected chi connectivity index (χ3v) is 3.41. The molecule has 0 aliphatic rings. The molecule has 6 N–H and O–H groups in total. The van der Waals surface area contributed by atoms with Gasteiger partial charge in [0, 0.05) is 0 Å². The highest BCUT2D eigenvalue weighted by atomic mass is 16.4. The van der Waals surface area contributed by atoms with Crippen LogP contribution in [0, 0.1) is 0 Å². The van der Waals surface area contributed by atoms with Crippen molar-refractivity contribution in [3.05, 3.63) is 51.3 Å². The molecule has 1 aromatic heterocycles. The van der Waals surface area contributed by atoms with E-state index in [9.17, 15) is 9.59 Å². The van der Waals surface area contributed by atoms with Crippen molar-refractivity contribution in [3.63, 3.8) is 0 Å². The zero-order valence-corrected chi connectivity index (χ0v) is 12.0. The number of nitrogens with zero attached hydrogens (tertiary/aromatic N) is 1. The summed E-state index contributed by atoms with van der Waals surface area (Å²) in [4.78, 5) is 28.7. The van der Waals surface area contributed by atoms with Crippen LogP contribution in [0.4, 0.5) is 11.8 Å². The maximum absolute atomic E-state index is 11.7. The highest BCUT2D eigenvalue weighted by molar-refractivity contribution is 5.87. The molecular formula is C15H18N4O3. The van der Waals surface area contributed by atoms with Crippen LogP contribution in [-0.2, 0) is 12.8 Å². The van der Waals surface area contributed by atoms with E-state index in [1.54, 1.807) is 24.3 Å². The van der Waals surface area contributed by atoms with Gasteiger partial charge in [-0.05, 0) is 43.4 Å². The number of anilines is 2. The SMILES string of the molecule is Nc1nc(N)c(CCCCc2ccc(C(=O)O)cc2)c(=O)[nH]1. The number of nitrogens with two attached hydrogens (primary N) is 2. The van der Waals surface area contributed by atoms with E-state index in [2.05, 4.69) is 9.97 Å². The molecule has 0 bridgehead atoms. The molecule has 7 heteroatoms. The lowest BCUT2D eigenvalue weighted by molar-refractivity contribution is 0.0697. The molecule has 0 radical (unpaired) electrons. The number of aromatic nitrogens is 2. The lowest BCUT2D eigenvalue weighted by atomic mass is 10.0. The van der Waals surface area contributed by atoms with Crippen LogP contribution in [0.3, 0.4) is 0 Å². The standard InChI is InChI=1S/C15H18N4O3/c16-12-11(13(20)19-15(17)18-12)4-2-1-3-9-5-7-10(8-6-9)14(21)22/h5-8H,1-4H2,(H,21,22)(H5,16,17,18,19,20). The Morgan fingerprint density at radius 3 is 2.36 bits per heavy atom. The van der Waals surface area contributed by atoms with E-state index in [0.717, 1.165) is 24.8 Å². The molecule has 0 saturated heterocycles. The van der Waals surface area contributed by atoms with Gasteiger partial charge in [0.05, 0.1) is 11.1 Å². The molecule has 0 amide bonds. The van der Waals surface area contributed by atoms with Crippen LogP contribution in [0.5, 0.6) is 0 Å². The minimum Gasteiger partial charge on any atom is -0.478 e. The van der Waals surface area contributed by atoms with Crippen LogP contribution in [0.15, 0.2) is 29.1 Å². The summed E-state index contributed by atoms with van der Waals surface area (Å²) in [6.45, 7) is 0. The number of carboxylic acids is 1. The van der Waals surface area contributed by atoms with Gasteiger partial charge in [-0.25, -0.2) is 4.79 Å². The van der Waals surface area contributed by atoms with Gasteiger partial charge in [0.25, 0.3) is 5.56 Å². The van der Waals surface area contributed by atoms with E-state index in [-0.39, 0.29) is 22.9 Å². The van der Waals surface area contributed by atoms with Gasteiger partial charge < -0.3 is 16.6 Å². The van der Waals surface area contributed by atoms with E-state index in [4.69, 9.17) is 16.6 Å². The molecule has 0 aliphatic carbocycles. The molecule has 7 nitrogen and oxygen atoms in total. The summed E-state index contributed by atoms with van der Waals surface area (Å²) < 4.78 is 0. The summed E-state index contributed by atoms with van der Waals surface area (Å²) in [5.41, 5.74) is 12.6. The number of unbranched alkanes of at least 4 members (excludes halogenated alkanes) is 1. The highest BCUT2D eigenvalue weighted by Gasteiger charge is 2.07. The van der Waals surface area contributed by atoms with E-state index < -0.39 is 5.97 Å². The number of carboxylic acid groups (broad SMARTS) is 1. The molecule has 0 aliphatic heterocycles. The van der Waals surface area contributed by atoms with Gasteiger partial charge in [0.15, 0.2) is 0 Å². The van der Waals surface area contributed by atoms with Crippen LogP contribution >= 0.6 is 0 Å². The number of nitrogens with one attached hydrogen (secondary N) is 1. The Morgan fingerprint density at radius 2 is 1.77 bits per heavy atom. The smallest absolute Gasteiger partial charge is 0.335 e. The summed E-state index contributed by atoms with van der Waals surface area (Å²) in [5, 5.41) is 8.83. The van der Waals surface area contributed by atoms with E-state index in [1.807, 2.05) is 0 Å². The van der Waals surface area contributed by atoms with Gasteiger partial charge in [0.2, 0.25) is 5.95 Å². The molecule has 1 heterocycles. The molecule has 0 spiro atoms. The Morgan fingerprint density at radius 1 is 1.14 bits per heavy atom. The molecule has 22 heavy (non-hydrogen) atoms. The summed E-state index contributed by atoms with van der Waals surface area (Å²) in [6.07, 6.45) is 2.97. The monoisotopic (exact) mass is 302 g/mol. The number of hydrogen-bond donors (Lipinski definition) is 4. The zero-order chi connectivity index (χ0) is 16.1. The fourth-order valence-corrected chi connectivity index (χ4v) is 2.22. The van der Waals surface area contributed by atoms with Crippen LogP contribution in [0.1, 0.15) is 34.3 Å². The van der Waals surface area contributed by atoms with Crippen LogP contribution in [-0.4, -0.2) is 21.0 Å². The van der Waals surface area contributed by atoms with Crippen molar-refractivity contribution in [1.82, 2.24) is 9.97 Å². The number of benzene rings is 1. The molecule has 0 unspecified atom stereocenters. The number of nitrogen functional groups attached to an aromatic ring is 2. The highest BCUT2D eigenvalue weighted by Crippen LogP contribution is 2.11. The summed E-state index contributed by atoms with van der Waals surface area (Å²) in [7, 11) is 0. The number of rotatable bonds is 6. The van der Waals surface area contributed by atoms with E-state index in [0.29, 0.717) is 12.0 Å². The normalized spacial score (nSPS) is 10.5. The Balaban J connectivity index is 1.87. The molecule has 0 saturated carbocycles. The molecule has 116 valence electrons. The first-order valence-corrected chi connectivity index (χ1v) is 6.93. The Labute approximate surface area is 127 Å². The summed E-state index contributed by atoms with van der Waals surface area (Å²) >= 11 is 0. The maximum atomic E-state index is 11.7. The second-order valence-corrected chi connectivity index (χ2v) is 5.02. The minimum absolute atomic E-state index is 0.0183. The van der Waals surface area contributed by atoms with Gasteiger partial charge in [-0.2, -0.15) is 4.98 Å². The van der Waals surface area contributed by atoms with Gasteiger partial charge in [-0.1, -0.05) is 12.1 Å². The molecule has 1 aromatic carbocycles. The second kappa shape index (κ2) is 6.75. The molecular weight excluding hydrogens is 284 g/mol. The van der Waals surface area contributed by atoms with Crippen LogP contribution in [0.25, 0.3) is 0 Å². The van der Waals surface area contributed by atoms with Crippen molar-refractivity contribution in [1.29, 1.82) is 0 Å². The Kier molecular flexibility index (Phi) is 4.77. The average Bonchev–Trinajstić information content (AvgIpc) is 2.46. The van der Waals surface area contributed by atoms with Gasteiger partial charge in [-0.15, -0.1) is 0 Å². The summed E-state index contributed by atoms with van der Waals surface area (Å²) in [5.74, 6) is -0.742. The van der Waals surface area contributed by atoms with E-state index in [1.165, 1.54) is 0 Å². The Bertz CT molecular complexity index is 723. The third kappa shape index (κ3) is 3.85. The van der Waals surface area contributed by atoms with Gasteiger partial charge >= 0.3 is 5.97 Å². The second-order valence-electron chi connectivity index (χ2n) is 5.02. The fourth-order valence-electron chi connectivity index (χ4n) is 2.22. The first-order chi connectivity index (χ1) is 10.5. The Hall–Kier alpha value is -2.83. The van der Waals surface area contributed by atoms with Crippen molar-refractivity contribution in [2.75, 3.05) is 11.5 Å². The minimum atomic E-state index is -0.933. The quantitative estimate of drug-likeness (QED) is 0.592. The molecule has 0 fully saturated rings. The number of aromatic carboxylic acids is 1. The third-order valence-electron chi connectivity index (χ3n) is 3.41. The lowest BCUT2D eigenvalue weighted by Crippen LogP contribution is -2.19. The van der Waals surface area contributed by atoms with Crippen molar-refractivity contribution in [2.24, 2.45) is 0 Å². The van der Waals surface area contributed by atoms with Gasteiger partial charge in [-0.3, -0.25) is 9.78 Å². The maximum Gasteiger partial charge on any atom is 0.335 e.